The Morgan fingerprint density at radius 3 is 2.03 bits per heavy atom. The van der Waals surface area contributed by atoms with Crippen LogP contribution in [0.5, 0.6) is 0 Å². The smallest absolute Gasteiger partial charge is 0.333 e. The quantitative estimate of drug-likeness (QED) is 0.313. The van der Waals surface area contributed by atoms with Crippen molar-refractivity contribution in [3.8, 4) is 0 Å². The highest BCUT2D eigenvalue weighted by molar-refractivity contribution is 5.98. The van der Waals surface area contributed by atoms with Crippen LogP contribution in [0.3, 0.4) is 0 Å². The van der Waals surface area contributed by atoms with Crippen LogP contribution in [0.2, 0.25) is 0 Å². The normalized spacial score (nSPS) is 12.8. The van der Waals surface area contributed by atoms with Crippen LogP contribution in [0.25, 0.3) is 10.8 Å². The first-order chi connectivity index (χ1) is 18.2. The van der Waals surface area contributed by atoms with Crippen molar-refractivity contribution in [2.45, 2.75) is 44.9 Å². The lowest BCUT2D eigenvalue weighted by Crippen LogP contribution is -2.50. The molecule has 194 valence electrons. The number of benzene rings is 4. The summed E-state index contributed by atoms with van der Waals surface area (Å²) in [5.41, 5.74) is 1.20. The molecule has 0 saturated carbocycles. The molecule has 0 aliphatic rings. The van der Waals surface area contributed by atoms with Crippen molar-refractivity contribution in [3.05, 3.63) is 120 Å². The number of rotatable bonds is 8. The predicted octanol–water partition coefficient (Wildman–Crippen LogP) is 5.38. The molecule has 0 saturated heterocycles. The third-order valence-corrected chi connectivity index (χ3v) is 6.02. The van der Waals surface area contributed by atoms with Gasteiger partial charge in [-0.25, -0.2) is 4.79 Å². The van der Waals surface area contributed by atoms with Crippen molar-refractivity contribution in [1.82, 2.24) is 10.6 Å². The van der Waals surface area contributed by atoms with Crippen molar-refractivity contribution in [1.29, 1.82) is 0 Å². The number of nitrogens with one attached hydrogen (secondary N) is 2. The molecule has 2 N–H and O–H groups in total. The first-order valence-corrected chi connectivity index (χ1v) is 12.6. The first kappa shape index (κ1) is 26.6. The van der Waals surface area contributed by atoms with Gasteiger partial charge in [0.25, 0.3) is 5.91 Å². The van der Waals surface area contributed by atoms with Crippen LogP contribution in [0.4, 0.5) is 0 Å². The lowest BCUT2D eigenvalue weighted by atomic mass is 9.97. The molecule has 0 spiro atoms. The van der Waals surface area contributed by atoms with Crippen LogP contribution in [-0.4, -0.2) is 29.4 Å². The van der Waals surface area contributed by atoms with E-state index in [0.29, 0.717) is 11.1 Å². The molecule has 4 aromatic rings. The van der Waals surface area contributed by atoms with Gasteiger partial charge in [-0.1, -0.05) is 91.0 Å². The summed E-state index contributed by atoms with van der Waals surface area (Å²) in [6.45, 7) is 5.33. The summed E-state index contributed by atoms with van der Waals surface area (Å²) in [7, 11) is 0. The Morgan fingerprint density at radius 2 is 1.34 bits per heavy atom. The fourth-order valence-electron chi connectivity index (χ4n) is 4.26. The second-order valence-corrected chi connectivity index (χ2v) is 10.1. The molecule has 2 unspecified atom stereocenters. The highest BCUT2D eigenvalue weighted by atomic mass is 16.6. The second-order valence-electron chi connectivity index (χ2n) is 10.1. The van der Waals surface area contributed by atoms with Gasteiger partial charge in [-0.2, -0.15) is 0 Å². The monoisotopic (exact) mass is 508 g/mol. The van der Waals surface area contributed by atoms with E-state index in [1.165, 1.54) is 0 Å². The molecule has 2 amide bonds. The van der Waals surface area contributed by atoms with Crippen LogP contribution < -0.4 is 10.6 Å². The summed E-state index contributed by atoms with van der Waals surface area (Å²) in [6.07, 6.45) is 0.238. The number of fused-ring (bicyclic) bond motifs is 1. The van der Waals surface area contributed by atoms with Gasteiger partial charge >= 0.3 is 5.97 Å². The van der Waals surface area contributed by atoms with E-state index in [2.05, 4.69) is 10.6 Å². The zero-order valence-electron chi connectivity index (χ0n) is 21.8. The summed E-state index contributed by atoms with van der Waals surface area (Å²) < 4.78 is 5.62. The molecule has 4 aromatic carbocycles. The Kier molecular flexibility index (Phi) is 8.22. The van der Waals surface area contributed by atoms with E-state index in [4.69, 9.17) is 4.74 Å². The standard InChI is InChI=1S/C32H32N2O4/c1-32(2,3)38-31(37)28(23-14-6-4-7-15-23)34-30(36)27(33-29(35)24-16-8-5-9-17-24)21-25-19-12-18-22-13-10-11-20-26(22)25/h4-20,27-28H,21H2,1-3H3,(H,33,35)(H,34,36). The van der Waals surface area contributed by atoms with E-state index in [9.17, 15) is 14.4 Å². The van der Waals surface area contributed by atoms with Crippen molar-refractivity contribution in [2.24, 2.45) is 0 Å². The molecule has 6 nitrogen and oxygen atoms in total. The largest absolute Gasteiger partial charge is 0.458 e. The summed E-state index contributed by atoms with van der Waals surface area (Å²) >= 11 is 0. The summed E-state index contributed by atoms with van der Waals surface area (Å²) in [6, 6.07) is 29.5. The highest BCUT2D eigenvalue weighted by Gasteiger charge is 2.31. The van der Waals surface area contributed by atoms with Gasteiger partial charge in [-0.15, -0.1) is 0 Å². The van der Waals surface area contributed by atoms with Gasteiger partial charge in [0.2, 0.25) is 5.91 Å². The summed E-state index contributed by atoms with van der Waals surface area (Å²) in [5.74, 6) is -1.43. The van der Waals surface area contributed by atoms with Crippen LogP contribution in [0.1, 0.15) is 48.3 Å². The highest BCUT2D eigenvalue weighted by Crippen LogP contribution is 2.22. The zero-order valence-corrected chi connectivity index (χ0v) is 21.8. The maximum absolute atomic E-state index is 13.8. The lowest BCUT2D eigenvalue weighted by Gasteiger charge is -2.27. The van der Waals surface area contributed by atoms with Gasteiger partial charge in [0.15, 0.2) is 6.04 Å². The molecule has 4 rings (SSSR count). The average molecular weight is 509 g/mol. The Labute approximate surface area is 223 Å². The lowest BCUT2D eigenvalue weighted by molar-refractivity contribution is -0.159. The minimum atomic E-state index is -1.04. The third kappa shape index (κ3) is 6.85. The molecule has 0 radical (unpaired) electrons. The number of ether oxygens (including phenoxy) is 1. The van der Waals surface area contributed by atoms with Crippen molar-refractivity contribution < 1.29 is 19.1 Å². The number of esters is 1. The Bertz CT molecular complexity index is 1410. The SMILES string of the molecule is CC(C)(C)OC(=O)C(NC(=O)C(Cc1cccc2ccccc12)NC(=O)c1ccccc1)c1ccccc1. The predicted molar refractivity (Wildman–Crippen MR) is 149 cm³/mol. The van der Waals surface area contributed by atoms with Gasteiger partial charge in [-0.3, -0.25) is 9.59 Å². The molecule has 0 heterocycles. The molecule has 0 aliphatic heterocycles. The number of amides is 2. The molecule has 2 atom stereocenters. The summed E-state index contributed by atoms with van der Waals surface area (Å²) in [4.78, 5) is 40.0. The number of carbonyl (C=O) groups excluding carboxylic acids is 3. The molecule has 0 bridgehead atoms. The van der Waals surface area contributed by atoms with Gasteiger partial charge in [-0.05, 0) is 54.8 Å². The summed E-state index contributed by atoms with van der Waals surface area (Å²) in [5, 5.41) is 7.77. The Hall–Kier alpha value is -4.45. The van der Waals surface area contributed by atoms with Crippen LogP contribution >= 0.6 is 0 Å². The van der Waals surface area contributed by atoms with E-state index < -0.39 is 29.6 Å². The molecule has 6 heteroatoms. The van der Waals surface area contributed by atoms with E-state index in [1.54, 1.807) is 69.3 Å². The molecular formula is C32H32N2O4. The number of carbonyl (C=O) groups is 3. The van der Waals surface area contributed by atoms with Gasteiger partial charge in [0.1, 0.15) is 11.6 Å². The van der Waals surface area contributed by atoms with Crippen LogP contribution in [0, 0.1) is 0 Å². The van der Waals surface area contributed by atoms with Gasteiger partial charge in [0.05, 0.1) is 0 Å². The van der Waals surface area contributed by atoms with Gasteiger partial charge < -0.3 is 15.4 Å². The maximum Gasteiger partial charge on any atom is 0.333 e. The average Bonchev–Trinajstić information content (AvgIpc) is 2.91. The van der Waals surface area contributed by atoms with Crippen molar-refractivity contribution >= 4 is 28.6 Å². The fourth-order valence-corrected chi connectivity index (χ4v) is 4.26. The number of hydrogen-bond acceptors (Lipinski definition) is 4. The van der Waals surface area contributed by atoms with E-state index in [0.717, 1.165) is 16.3 Å². The number of hydrogen-bond donors (Lipinski definition) is 2. The minimum absolute atomic E-state index is 0.238. The third-order valence-electron chi connectivity index (χ3n) is 6.02. The molecule has 38 heavy (non-hydrogen) atoms. The van der Waals surface area contributed by atoms with Crippen LogP contribution in [0.15, 0.2) is 103 Å². The Balaban J connectivity index is 1.66. The van der Waals surface area contributed by atoms with E-state index in [1.807, 2.05) is 54.6 Å². The topological polar surface area (TPSA) is 84.5 Å². The zero-order chi connectivity index (χ0) is 27.1. The fraction of sp³-hybridized carbons (Fsp3) is 0.219. The van der Waals surface area contributed by atoms with Crippen LogP contribution in [-0.2, 0) is 20.7 Å². The maximum atomic E-state index is 13.8. The van der Waals surface area contributed by atoms with Crippen molar-refractivity contribution in [2.75, 3.05) is 0 Å². The minimum Gasteiger partial charge on any atom is -0.458 e. The van der Waals surface area contributed by atoms with E-state index >= 15 is 0 Å². The molecular weight excluding hydrogens is 476 g/mol. The molecule has 0 aromatic heterocycles. The van der Waals surface area contributed by atoms with Crippen molar-refractivity contribution in [3.63, 3.8) is 0 Å². The molecule has 0 fully saturated rings. The Morgan fingerprint density at radius 1 is 0.737 bits per heavy atom. The molecule has 0 aliphatic carbocycles. The first-order valence-electron chi connectivity index (χ1n) is 12.6. The van der Waals surface area contributed by atoms with Gasteiger partial charge in [0, 0.05) is 12.0 Å². The second kappa shape index (κ2) is 11.7. The van der Waals surface area contributed by atoms with E-state index in [-0.39, 0.29) is 12.3 Å².